The van der Waals surface area contributed by atoms with Crippen molar-refractivity contribution in [3.8, 4) is 17.2 Å². The lowest BCUT2D eigenvalue weighted by molar-refractivity contribution is 0.451. The molecule has 0 saturated heterocycles. The first-order chi connectivity index (χ1) is 10.9. The van der Waals surface area contributed by atoms with E-state index in [1.54, 1.807) is 12.1 Å². The third-order valence-corrected chi connectivity index (χ3v) is 3.62. The minimum absolute atomic E-state index is 0.347. The Morgan fingerprint density at radius 1 is 0.739 bits per heavy atom. The Bertz CT molecular complexity index is 588. The van der Waals surface area contributed by atoms with Crippen molar-refractivity contribution in [2.75, 3.05) is 5.73 Å². The van der Waals surface area contributed by atoms with E-state index in [1.807, 2.05) is 67.5 Å². The van der Waals surface area contributed by atoms with Gasteiger partial charge in [-0.05, 0) is 74.2 Å². The number of nitrogens with two attached hydrogens (primary N) is 1. The Labute approximate surface area is 141 Å². The molecule has 0 atom stereocenters. The molecule has 2 aromatic carbocycles. The van der Waals surface area contributed by atoms with Gasteiger partial charge in [-0.15, -0.1) is 0 Å². The first-order valence-corrected chi connectivity index (χ1v) is 8.24. The van der Waals surface area contributed by atoms with Crippen LogP contribution in [0.25, 0.3) is 0 Å². The van der Waals surface area contributed by atoms with Crippen LogP contribution in [-0.4, -0.2) is 5.11 Å². The summed E-state index contributed by atoms with van der Waals surface area (Å²) in [6.07, 6.45) is 0. The second kappa shape index (κ2) is 9.78. The molecule has 3 nitrogen and oxygen atoms in total. The Balaban J connectivity index is 0.00000112. The van der Waals surface area contributed by atoms with E-state index in [2.05, 4.69) is 0 Å². The standard InChI is InChI=1S/C16H19NO2.2C2H6/c1-9-11(3)16(12(4)10(2)15(9)18)19-14-7-5-13(17)6-8-14;2*1-2/h5-8,18H,17H2,1-4H3;2*1-2H3. The summed E-state index contributed by atoms with van der Waals surface area (Å²) in [6.45, 7) is 15.7. The van der Waals surface area contributed by atoms with Crippen LogP contribution in [0.15, 0.2) is 24.3 Å². The van der Waals surface area contributed by atoms with Crippen LogP contribution < -0.4 is 10.5 Å². The molecule has 0 heterocycles. The molecule has 0 unspecified atom stereocenters. The molecule has 2 aromatic rings. The average molecular weight is 317 g/mol. The molecule has 0 bridgehead atoms. The minimum atomic E-state index is 0.347. The summed E-state index contributed by atoms with van der Waals surface area (Å²) in [7, 11) is 0. The van der Waals surface area contributed by atoms with Crippen molar-refractivity contribution >= 4 is 5.69 Å². The lowest BCUT2D eigenvalue weighted by Gasteiger charge is -2.17. The molecule has 3 heteroatoms. The van der Waals surface area contributed by atoms with E-state index in [1.165, 1.54) is 0 Å². The van der Waals surface area contributed by atoms with Gasteiger partial charge in [0.25, 0.3) is 0 Å². The van der Waals surface area contributed by atoms with E-state index < -0.39 is 0 Å². The summed E-state index contributed by atoms with van der Waals surface area (Å²) < 4.78 is 5.94. The predicted molar refractivity (Wildman–Crippen MR) is 101 cm³/mol. The molecular weight excluding hydrogens is 286 g/mol. The predicted octanol–water partition coefficient (Wildman–Crippen LogP) is 6.05. The maximum Gasteiger partial charge on any atom is 0.134 e. The van der Waals surface area contributed by atoms with Crippen LogP contribution in [-0.2, 0) is 0 Å². The van der Waals surface area contributed by atoms with Gasteiger partial charge in [-0.1, -0.05) is 27.7 Å². The largest absolute Gasteiger partial charge is 0.507 e. The van der Waals surface area contributed by atoms with Crippen LogP contribution in [0.2, 0.25) is 0 Å². The Kier molecular flexibility index (Phi) is 8.86. The minimum Gasteiger partial charge on any atom is -0.507 e. The quantitative estimate of drug-likeness (QED) is 0.663. The Morgan fingerprint density at radius 3 is 1.52 bits per heavy atom. The lowest BCUT2D eigenvalue weighted by atomic mass is 9.98. The van der Waals surface area contributed by atoms with Crippen LogP contribution in [0, 0.1) is 27.7 Å². The highest BCUT2D eigenvalue weighted by Crippen LogP contribution is 2.38. The number of hydrogen-bond donors (Lipinski definition) is 2. The maximum absolute atomic E-state index is 10.0. The zero-order valence-corrected chi connectivity index (χ0v) is 15.7. The van der Waals surface area contributed by atoms with E-state index >= 15 is 0 Å². The van der Waals surface area contributed by atoms with E-state index in [0.717, 1.165) is 33.8 Å². The van der Waals surface area contributed by atoms with Crippen LogP contribution in [0.4, 0.5) is 5.69 Å². The third kappa shape index (κ3) is 4.92. The average Bonchev–Trinajstić information content (AvgIpc) is 2.60. The van der Waals surface area contributed by atoms with Gasteiger partial charge < -0.3 is 15.6 Å². The van der Waals surface area contributed by atoms with Crippen molar-refractivity contribution in [3.05, 3.63) is 46.5 Å². The highest BCUT2D eigenvalue weighted by Gasteiger charge is 2.15. The van der Waals surface area contributed by atoms with Gasteiger partial charge in [0, 0.05) is 5.69 Å². The molecule has 128 valence electrons. The van der Waals surface area contributed by atoms with Crippen LogP contribution in [0.5, 0.6) is 17.2 Å². The number of aromatic hydroxyl groups is 1. The summed E-state index contributed by atoms with van der Waals surface area (Å²) in [5.74, 6) is 1.89. The molecular formula is C20H31NO2. The molecule has 3 N–H and O–H groups in total. The summed E-state index contributed by atoms with van der Waals surface area (Å²) in [5.41, 5.74) is 9.99. The topological polar surface area (TPSA) is 55.5 Å². The molecule has 0 aliphatic heterocycles. The zero-order chi connectivity index (χ0) is 18.2. The van der Waals surface area contributed by atoms with Gasteiger partial charge >= 0.3 is 0 Å². The van der Waals surface area contributed by atoms with Crippen LogP contribution >= 0.6 is 0 Å². The zero-order valence-electron chi connectivity index (χ0n) is 15.7. The van der Waals surface area contributed by atoms with Crippen LogP contribution in [0.1, 0.15) is 49.9 Å². The monoisotopic (exact) mass is 317 g/mol. The number of nitrogen functional groups attached to an aromatic ring is 1. The molecule has 0 aromatic heterocycles. The van der Waals surface area contributed by atoms with Crippen molar-refractivity contribution < 1.29 is 9.84 Å². The molecule has 0 aliphatic rings. The number of anilines is 1. The smallest absolute Gasteiger partial charge is 0.134 e. The van der Waals surface area contributed by atoms with Crippen molar-refractivity contribution in [1.29, 1.82) is 0 Å². The Hall–Kier alpha value is -2.16. The Morgan fingerprint density at radius 2 is 1.13 bits per heavy atom. The van der Waals surface area contributed by atoms with Crippen molar-refractivity contribution in [3.63, 3.8) is 0 Å². The highest BCUT2D eigenvalue weighted by molar-refractivity contribution is 5.58. The molecule has 0 fully saturated rings. The number of benzene rings is 2. The number of rotatable bonds is 2. The van der Waals surface area contributed by atoms with Crippen LogP contribution in [0.3, 0.4) is 0 Å². The van der Waals surface area contributed by atoms with E-state index in [9.17, 15) is 5.11 Å². The van der Waals surface area contributed by atoms with Gasteiger partial charge in [0.15, 0.2) is 0 Å². The van der Waals surface area contributed by atoms with E-state index in [-0.39, 0.29) is 0 Å². The molecule has 23 heavy (non-hydrogen) atoms. The molecule has 0 radical (unpaired) electrons. The molecule has 0 saturated carbocycles. The lowest BCUT2D eigenvalue weighted by Crippen LogP contribution is -1.97. The van der Waals surface area contributed by atoms with Gasteiger partial charge in [0.2, 0.25) is 0 Å². The van der Waals surface area contributed by atoms with Gasteiger partial charge in [0.05, 0.1) is 0 Å². The summed E-state index contributed by atoms with van der Waals surface area (Å²) in [5, 5.41) is 10.0. The number of hydrogen-bond acceptors (Lipinski definition) is 3. The molecule has 2 rings (SSSR count). The van der Waals surface area contributed by atoms with Gasteiger partial charge in [-0.3, -0.25) is 0 Å². The summed E-state index contributed by atoms with van der Waals surface area (Å²) >= 11 is 0. The van der Waals surface area contributed by atoms with Gasteiger partial charge in [-0.2, -0.15) is 0 Å². The van der Waals surface area contributed by atoms with Crippen molar-refractivity contribution in [1.82, 2.24) is 0 Å². The molecule has 0 amide bonds. The maximum atomic E-state index is 10.0. The van der Waals surface area contributed by atoms with E-state index in [0.29, 0.717) is 11.4 Å². The number of ether oxygens (including phenoxy) is 1. The fourth-order valence-electron chi connectivity index (χ4n) is 2.07. The fraction of sp³-hybridized carbons (Fsp3) is 0.400. The van der Waals surface area contributed by atoms with E-state index in [4.69, 9.17) is 10.5 Å². The number of phenols is 1. The van der Waals surface area contributed by atoms with Gasteiger partial charge in [0.1, 0.15) is 17.2 Å². The summed E-state index contributed by atoms with van der Waals surface area (Å²) in [4.78, 5) is 0. The van der Waals surface area contributed by atoms with Crippen molar-refractivity contribution in [2.45, 2.75) is 55.4 Å². The number of phenolic OH excluding ortho intramolecular Hbond substituents is 1. The molecule has 0 spiro atoms. The normalized spacial score (nSPS) is 9.22. The second-order valence-corrected chi connectivity index (χ2v) is 4.85. The van der Waals surface area contributed by atoms with Gasteiger partial charge in [-0.25, -0.2) is 0 Å². The first kappa shape index (κ1) is 20.8. The second-order valence-electron chi connectivity index (χ2n) is 4.85. The first-order valence-electron chi connectivity index (χ1n) is 8.24. The third-order valence-electron chi connectivity index (χ3n) is 3.62. The molecule has 0 aliphatic carbocycles. The highest BCUT2D eigenvalue weighted by atomic mass is 16.5. The van der Waals surface area contributed by atoms with Crippen molar-refractivity contribution in [2.24, 2.45) is 0 Å². The SMILES string of the molecule is CC.CC.Cc1c(C)c(Oc2ccc(N)cc2)c(C)c(C)c1O. The summed E-state index contributed by atoms with van der Waals surface area (Å²) in [6, 6.07) is 7.29. The fourth-order valence-corrected chi connectivity index (χ4v) is 2.07.